The predicted molar refractivity (Wildman–Crippen MR) is 80.5 cm³/mol. The summed E-state index contributed by atoms with van der Waals surface area (Å²) in [5, 5.41) is 11.6. The molecule has 0 radical (unpaired) electrons. The molecule has 0 saturated carbocycles. The molecule has 1 N–H and O–H groups in total. The first kappa shape index (κ1) is 15.4. The molecule has 1 unspecified atom stereocenters. The van der Waals surface area contributed by atoms with Crippen molar-refractivity contribution in [1.82, 2.24) is 30.1 Å². The Morgan fingerprint density at radius 1 is 1.50 bits per heavy atom. The molecule has 6 heteroatoms. The predicted octanol–water partition coefficient (Wildman–Crippen LogP) is 0.271. The number of hydrogen-bond acceptors (Lipinski definition) is 5. The zero-order valence-corrected chi connectivity index (χ0v) is 13.0. The van der Waals surface area contributed by atoms with Crippen molar-refractivity contribution < 1.29 is 0 Å². The van der Waals surface area contributed by atoms with Gasteiger partial charge in [0.15, 0.2) is 0 Å². The number of rotatable bonds is 8. The second-order valence-electron chi connectivity index (χ2n) is 5.93. The fraction of sp³-hybridized carbons (Fsp3) is 0.857. The summed E-state index contributed by atoms with van der Waals surface area (Å²) in [5.74, 6) is 0.824. The van der Waals surface area contributed by atoms with Gasteiger partial charge < -0.3 is 15.1 Å². The molecular weight excluding hydrogens is 252 g/mol. The summed E-state index contributed by atoms with van der Waals surface area (Å²) in [4.78, 5) is 4.83. The first-order valence-corrected chi connectivity index (χ1v) is 7.64. The van der Waals surface area contributed by atoms with E-state index >= 15 is 0 Å². The van der Waals surface area contributed by atoms with Crippen molar-refractivity contribution in [3.05, 3.63) is 11.9 Å². The molecule has 2 rings (SSSR count). The van der Waals surface area contributed by atoms with E-state index in [-0.39, 0.29) is 0 Å². The molecule has 1 aromatic heterocycles. The van der Waals surface area contributed by atoms with Crippen LogP contribution in [0.1, 0.15) is 19.0 Å². The third-order valence-electron chi connectivity index (χ3n) is 3.91. The maximum Gasteiger partial charge on any atom is 0.0964 e. The van der Waals surface area contributed by atoms with Crippen LogP contribution in [0.25, 0.3) is 0 Å². The molecule has 0 aromatic carbocycles. The Hall–Kier alpha value is -0.980. The van der Waals surface area contributed by atoms with Gasteiger partial charge in [-0.3, -0.25) is 4.68 Å². The van der Waals surface area contributed by atoms with Gasteiger partial charge in [0.05, 0.1) is 12.2 Å². The van der Waals surface area contributed by atoms with Crippen LogP contribution in [0.3, 0.4) is 0 Å². The Bertz CT molecular complexity index is 391. The largest absolute Gasteiger partial charge is 0.311 e. The van der Waals surface area contributed by atoms with Crippen molar-refractivity contribution in [3.8, 4) is 0 Å². The lowest BCUT2D eigenvalue weighted by molar-refractivity contribution is 0.260. The topological polar surface area (TPSA) is 49.2 Å². The number of nitrogens with one attached hydrogen (secondary N) is 1. The van der Waals surface area contributed by atoms with Gasteiger partial charge in [-0.1, -0.05) is 12.1 Å². The third-order valence-corrected chi connectivity index (χ3v) is 3.91. The number of likely N-dealkylation sites (N-methyl/N-ethyl adjacent to an activating group) is 1. The van der Waals surface area contributed by atoms with Gasteiger partial charge in [0.25, 0.3) is 0 Å². The molecule has 6 nitrogen and oxygen atoms in total. The van der Waals surface area contributed by atoms with E-state index in [2.05, 4.69) is 46.4 Å². The van der Waals surface area contributed by atoms with E-state index in [1.54, 1.807) is 0 Å². The Morgan fingerprint density at radius 3 is 3.05 bits per heavy atom. The maximum absolute atomic E-state index is 4.18. The summed E-state index contributed by atoms with van der Waals surface area (Å²) in [7, 11) is 4.41. The summed E-state index contributed by atoms with van der Waals surface area (Å²) in [6, 6.07) is 0. The lowest BCUT2D eigenvalue weighted by atomic mass is 10.1. The Balaban J connectivity index is 1.67. The summed E-state index contributed by atoms with van der Waals surface area (Å²) in [6.45, 7) is 9.48. The van der Waals surface area contributed by atoms with Crippen molar-refractivity contribution in [1.29, 1.82) is 0 Å². The van der Waals surface area contributed by atoms with Crippen LogP contribution in [0, 0.1) is 5.92 Å². The molecule has 1 fully saturated rings. The first-order chi connectivity index (χ1) is 9.67. The molecule has 0 spiro atoms. The summed E-state index contributed by atoms with van der Waals surface area (Å²) in [5.41, 5.74) is 1.02. The average Bonchev–Trinajstić information content (AvgIpc) is 3.03. The molecule has 1 aliphatic rings. The van der Waals surface area contributed by atoms with Gasteiger partial charge in [-0.05, 0) is 39.5 Å². The minimum Gasteiger partial charge on any atom is -0.311 e. The zero-order chi connectivity index (χ0) is 14.4. The minimum absolute atomic E-state index is 0.806. The second kappa shape index (κ2) is 7.71. The Morgan fingerprint density at radius 2 is 2.35 bits per heavy atom. The average molecular weight is 280 g/mol. The highest BCUT2D eigenvalue weighted by atomic mass is 15.4. The minimum atomic E-state index is 0.806. The highest BCUT2D eigenvalue weighted by molar-refractivity contribution is 4.91. The van der Waals surface area contributed by atoms with Crippen molar-refractivity contribution >= 4 is 0 Å². The van der Waals surface area contributed by atoms with E-state index in [9.17, 15) is 0 Å². The fourth-order valence-electron chi connectivity index (χ4n) is 2.76. The summed E-state index contributed by atoms with van der Waals surface area (Å²) in [6.07, 6.45) is 3.37. The van der Waals surface area contributed by atoms with Gasteiger partial charge in [-0.15, -0.1) is 5.10 Å². The van der Waals surface area contributed by atoms with E-state index in [0.29, 0.717) is 0 Å². The van der Waals surface area contributed by atoms with Crippen molar-refractivity contribution in [2.45, 2.75) is 26.4 Å². The Kier molecular flexibility index (Phi) is 5.94. The maximum atomic E-state index is 4.18. The standard InChI is InChI=1S/C14H28N6/c1-4-15-9-14-12-20(17-16-14)8-7-19(3)11-13-5-6-18(2)10-13/h12-13,15H,4-11H2,1-3H3. The van der Waals surface area contributed by atoms with Crippen LogP contribution in [0.4, 0.5) is 0 Å². The Labute approximate surface area is 122 Å². The fourth-order valence-corrected chi connectivity index (χ4v) is 2.76. The molecule has 1 atom stereocenters. The lowest BCUT2D eigenvalue weighted by Gasteiger charge is -2.20. The molecular formula is C14H28N6. The smallest absolute Gasteiger partial charge is 0.0964 e. The van der Waals surface area contributed by atoms with Gasteiger partial charge in [-0.25, -0.2) is 0 Å². The third kappa shape index (κ3) is 4.85. The van der Waals surface area contributed by atoms with E-state index in [0.717, 1.165) is 37.8 Å². The number of aromatic nitrogens is 3. The van der Waals surface area contributed by atoms with Gasteiger partial charge in [0, 0.05) is 32.4 Å². The number of nitrogens with zero attached hydrogens (tertiary/aromatic N) is 5. The molecule has 0 amide bonds. The van der Waals surface area contributed by atoms with Gasteiger partial charge in [-0.2, -0.15) is 0 Å². The molecule has 0 aliphatic carbocycles. The molecule has 1 aliphatic heterocycles. The summed E-state index contributed by atoms with van der Waals surface area (Å²) < 4.78 is 1.95. The van der Waals surface area contributed by atoms with E-state index < -0.39 is 0 Å². The molecule has 1 saturated heterocycles. The lowest BCUT2D eigenvalue weighted by Crippen LogP contribution is -2.30. The van der Waals surface area contributed by atoms with Crippen LogP contribution in [-0.4, -0.2) is 71.6 Å². The van der Waals surface area contributed by atoms with Gasteiger partial charge >= 0.3 is 0 Å². The SMILES string of the molecule is CCNCc1cn(CCN(C)CC2CCN(C)C2)nn1. The van der Waals surface area contributed by atoms with Crippen LogP contribution in [-0.2, 0) is 13.1 Å². The van der Waals surface area contributed by atoms with Crippen molar-refractivity contribution in [2.24, 2.45) is 5.92 Å². The van der Waals surface area contributed by atoms with E-state index in [1.165, 1.54) is 26.1 Å². The molecule has 114 valence electrons. The van der Waals surface area contributed by atoms with Crippen LogP contribution in [0.15, 0.2) is 6.20 Å². The molecule has 1 aromatic rings. The van der Waals surface area contributed by atoms with Crippen LogP contribution in [0.2, 0.25) is 0 Å². The molecule has 20 heavy (non-hydrogen) atoms. The molecule has 2 heterocycles. The number of hydrogen-bond donors (Lipinski definition) is 1. The van der Waals surface area contributed by atoms with Crippen LogP contribution >= 0.6 is 0 Å². The first-order valence-electron chi connectivity index (χ1n) is 7.64. The second-order valence-corrected chi connectivity index (χ2v) is 5.93. The van der Waals surface area contributed by atoms with Crippen LogP contribution in [0.5, 0.6) is 0 Å². The van der Waals surface area contributed by atoms with Crippen molar-refractivity contribution in [3.63, 3.8) is 0 Å². The van der Waals surface area contributed by atoms with E-state index in [1.807, 2.05) is 10.9 Å². The molecule has 0 bridgehead atoms. The van der Waals surface area contributed by atoms with Gasteiger partial charge in [0.2, 0.25) is 0 Å². The van der Waals surface area contributed by atoms with E-state index in [4.69, 9.17) is 0 Å². The van der Waals surface area contributed by atoms with Crippen LogP contribution < -0.4 is 5.32 Å². The van der Waals surface area contributed by atoms with Gasteiger partial charge in [0.1, 0.15) is 0 Å². The van der Waals surface area contributed by atoms with Crippen molar-refractivity contribution in [2.75, 3.05) is 46.8 Å². The summed E-state index contributed by atoms with van der Waals surface area (Å²) >= 11 is 0. The normalized spacial score (nSPS) is 20.1. The zero-order valence-electron chi connectivity index (χ0n) is 13.0. The highest BCUT2D eigenvalue weighted by Crippen LogP contribution is 2.14. The quantitative estimate of drug-likeness (QED) is 0.741. The monoisotopic (exact) mass is 280 g/mol. The highest BCUT2D eigenvalue weighted by Gasteiger charge is 2.20. The number of likely N-dealkylation sites (tertiary alicyclic amines) is 1.